The predicted molar refractivity (Wildman–Crippen MR) is 103 cm³/mol. The average molecular weight is 376 g/mol. The third-order valence-electron chi connectivity index (χ3n) is 3.91. The molecular formula is C19H25N2O4P. The Balaban J connectivity index is 2.08. The minimum atomic E-state index is -4.23. The van der Waals surface area contributed by atoms with Crippen LogP contribution in [0, 0.1) is 0 Å². The maximum atomic E-state index is 12.3. The molecule has 0 aliphatic rings. The summed E-state index contributed by atoms with van der Waals surface area (Å²) in [5, 5.41) is 5.46. The molecule has 140 valence electrons. The Morgan fingerprint density at radius 2 is 1.65 bits per heavy atom. The fourth-order valence-electron chi connectivity index (χ4n) is 2.56. The van der Waals surface area contributed by atoms with E-state index in [0.717, 1.165) is 23.1 Å². The van der Waals surface area contributed by atoms with Crippen LogP contribution in [0.4, 0.5) is 0 Å². The van der Waals surface area contributed by atoms with E-state index in [1.54, 1.807) is 0 Å². The number of hydrogen-bond acceptors (Lipinski definition) is 3. The Kier molecular flexibility index (Phi) is 7.54. The first-order valence-electron chi connectivity index (χ1n) is 8.59. The summed E-state index contributed by atoms with van der Waals surface area (Å²) in [6, 6.07) is 17.1. The first-order chi connectivity index (χ1) is 12.4. The molecule has 2 aromatic rings. The van der Waals surface area contributed by atoms with Gasteiger partial charge in [0, 0.05) is 6.54 Å². The largest absolute Gasteiger partial charge is 0.355 e. The topological polar surface area (TPSA) is 98.7 Å². The van der Waals surface area contributed by atoms with Gasteiger partial charge in [0.15, 0.2) is 0 Å². The molecule has 0 saturated carbocycles. The Hall–Kier alpha value is -1.98. The molecule has 2 rings (SSSR count). The summed E-state index contributed by atoms with van der Waals surface area (Å²) < 4.78 is 11.1. The van der Waals surface area contributed by atoms with Crippen LogP contribution in [0.15, 0.2) is 54.6 Å². The van der Waals surface area contributed by atoms with Crippen molar-refractivity contribution >= 4 is 13.5 Å². The van der Waals surface area contributed by atoms with E-state index in [-0.39, 0.29) is 5.91 Å². The van der Waals surface area contributed by atoms with Crippen LogP contribution in [0.1, 0.15) is 18.9 Å². The molecule has 0 spiro atoms. The van der Waals surface area contributed by atoms with Crippen molar-refractivity contribution in [2.24, 2.45) is 0 Å². The zero-order valence-corrected chi connectivity index (χ0v) is 15.7. The van der Waals surface area contributed by atoms with Crippen LogP contribution in [-0.4, -0.2) is 34.6 Å². The highest BCUT2D eigenvalue weighted by molar-refractivity contribution is 7.51. The van der Waals surface area contributed by atoms with Gasteiger partial charge in [-0.1, -0.05) is 61.5 Å². The molecular weight excluding hydrogens is 351 g/mol. The Labute approximate surface area is 153 Å². The van der Waals surface area contributed by atoms with Crippen molar-refractivity contribution in [1.29, 1.82) is 0 Å². The van der Waals surface area contributed by atoms with E-state index in [0.29, 0.717) is 13.0 Å². The summed E-state index contributed by atoms with van der Waals surface area (Å²) in [6.45, 7) is 2.47. The van der Waals surface area contributed by atoms with E-state index in [1.807, 2.05) is 61.5 Å². The standard InChI is InChI=1S/C19H25N2O4P/c1-2-12-20-19(22)18(21-14-26(23,24)25)13-15-8-10-17(11-9-15)16-6-4-3-5-7-16/h3-11,18,21H,2,12-14H2,1H3,(H,20,22)(H2,23,24,25). The molecule has 0 radical (unpaired) electrons. The Morgan fingerprint density at radius 1 is 1.04 bits per heavy atom. The van der Waals surface area contributed by atoms with E-state index in [4.69, 9.17) is 9.79 Å². The summed E-state index contributed by atoms with van der Waals surface area (Å²) in [4.78, 5) is 30.4. The van der Waals surface area contributed by atoms with Crippen molar-refractivity contribution in [3.8, 4) is 11.1 Å². The molecule has 1 unspecified atom stereocenters. The number of carbonyl (C=O) groups is 1. The molecule has 7 heteroatoms. The van der Waals surface area contributed by atoms with E-state index in [2.05, 4.69) is 10.6 Å². The molecule has 4 N–H and O–H groups in total. The third-order valence-corrected chi connectivity index (χ3v) is 4.50. The molecule has 0 aliphatic heterocycles. The third kappa shape index (κ3) is 6.73. The smallest absolute Gasteiger partial charge is 0.339 e. The van der Waals surface area contributed by atoms with Crippen molar-refractivity contribution in [3.05, 3.63) is 60.2 Å². The van der Waals surface area contributed by atoms with Crippen molar-refractivity contribution in [2.75, 3.05) is 12.8 Å². The highest BCUT2D eigenvalue weighted by Gasteiger charge is 2.22. The van der Waals surface area contributed by atoms with Crippen molar-refractivity contribution in [3.63, 3.8) is 0 Å². The second-order valence-electron chi connectivity index (χ2n) is 6.14. The van der Waals surface area contributed by atoms with Crippen molar-refractivity contribution in [1.82, 2.24) is 10.6 Å². The molecule has 0 aromatic heterocycles. The second kappa shape index (κ2) is 9.64. The lowest BCUT2D eigenvalue weighted by atomic mass is 10.0. The zero-order valence-electron chi connectivity index (χ0n) is 14.8. The average Bonchev–Trinajstić information content (AvgIpc) is 2.63. The molecule has 0 aliphatic carbocycles. The van der Waals surface area contributed by atoms with Gasteiger partial charge < -0.3 is 15.1 Å². The lowest BCUT2D eigenvalue weighted by Gasteiger charge is -2.19. The second-order valence-corrected chi connectivity index (χ2v) is 7.78. The molecule has 0 fully saturated rings. The summed E-state index contributed by atoms with van der Waals surface area (Å²) in [5.74, 6) is -0.257. The number of nitrogens with one attached hydrogen (secondary N) is 2. The van der Waals surface area contributed by atoms with Gasteiger partial charge in [-0.2, -0.15) is 0 Å². The number of benzene rings is 2. The van der Waals surface area contributed by atoms with Gasteiger partial charge in [0.25, 0.3) is 0 Å². The fraction of sp³-hybridized carbons (Fsp3) is 0.316. The molecule has 1 atom stereocenters. The first-order valence-corrected chi connectivity index (χ1v) is 10.4. The highest BCUT2D eigenvalue weighted by Crippen LogP contribution is 2.32. The molecule has 0 bridgehead atoms. The van der Waals surface area contributed by atoms with Crippen LogP contribution in [0.5, 0.6) is 0 Å². The molecule has 2 aromatic carbocycles. The molecule has 1 amide bonds. The molecule has 6 nitrogen and oxygen atoms in total. The van der Waals surface area contributed by atoms with E-state index < -0.39 is 19.9 Å². The van der Waals surface area contributed by atoms with Crippen LogP contribution < -0.4 is 10.6 Å². The van der Waals surface area contributed by atoms with E-state index >= 15 is 0 Å². The molecule has 26 heavy (non-hydrogen) atoms. The van der Waals surface area contributed by atoms with Gasteiger partial charge in [-0.15, -0.1) is 0 Å². The van der Waals surface area contributed by atoms with Gasteiger partial charge in [-0.25, -0.2) is 0 Å². The van der Waals surface area contributed by atoms with Gasteiger partial charge in [0.2, 0.25) is 5.91 Å². The van der Waals surface area contributed by atoms with Crippen LogP contribution in [0.3, 0.4) is 0 Å². The molecule has 0 saturated heterocycles. The van der Waals surface area contributed by atoms with E-state index in [9.17, 15) is 9.36 Å². The monoisotopic (exact) mass is 376 g/mol. The first kappa shape index (κ1) is 20.3. The van der Waals surface area contributed by atoms with Crippen LogP contribution in [0.25, 0.3) is 11.1 Å². The van der Waals surface area contributed by atoms with Gasteiger partial charge in [-0.05, 0) is 29.5 Å². The van der Waals surface area contributed by atoms with Crippen molar-refractivity contribution in [2.45, 2.75) is 25.8 Å². The maximum Gasteiger partial charge on any atom is 0.339 e. The normalized spacial score (nSPS) is 12.6. The zero-order chi connectivity index (χ0) is 19.0. The molecule has 0 heterocycles. The van der Waals surface area contributed by atoms with Gasteiger partial charge in [0.05, 0.1) is 12.3 Å². The van der Waals surface area contributed by atoms with Gasteiger partial charge in [-0.3, -0.25) is 14.7 Å². The summed E-state index contributed by atoms with van der Waals surface area (Å²) in [6.07, 6.45) is 0.618. The van der Waals surface area contributed by atoms with Crippen LogP contribution >= 0.6 is 7.60 Å². The minimum absolute atomic E-state index is 0.257. The lowest BCUT2D eigenvalue weighted by Crippen LogP contribution is -2.46. The van der Waals surface area contributed by atoms with Crippen molar-refractivity contribution < 1.29 is 19.1 Å². The predicted octanol–water partition coefficient (Wildman–Crippen LogP) is 2.52. The fourth-order valence-corrected chi connectivity index (χ4v) is 3.02. The number of carbonyl (C=O) groups excluding carboxylic acids is 1. The maximum absolute atomic E-state index is 12.3. The Bertz CT molecular complexity index is 744. The van der Waals surface area contributed by atoms with Gasteiger partial charge >= 0.3 is 7.60 Å². The SMILES string of the molecule is CCCNC(=O)C(Cc1ccc(-c2ccccc2)cc1)NCP(=O)(O)O. The van der Waals surface area contributed by atoms with Crippen LogP contribution in [0.2, 0.25) is 0 Å². The summed E-state index contributed by atoms with van der Waals surface area (Å²) >= 11 is 0. The lowest BCUT2D eigenvalue weighted by molar-refractivity contribution is -0.123. The minimum Gasteiger partial charge on any atom is -0.355 e. The van der Waals surface area contributed by atoms with E-state index in [1.165, 1.54) is 0 Å². The van der Waals surface area contributed by atoms with Gasteiger partial charge in [0.1, 0.15) is 0 Å². The summed E-state index contributed by atoms with van der Waals surface area (Å²) in [7, 11) is -4.23. The highest BCUT2D eigenvalue weighted by atomic mass is 31.2. The summed E-state index contributed by atoms with van der Waals surface area (Å²) in [5.41, 5.74) is 3.10. The van der Waals surface area contributed by atoms with Crippen LogP contribution in [-0.2, 0) is 15.8 Å². The quantitative estimate of drug-likeness (QED) is 0.504. The Morgan fingerprint density at radius 3 is 2.23 bits per heavy atom. The number of rotatable bonds is 9. The number of hydrogen-bond donors (Lipinski definition) is 4. The number of amides is 1.